The average molecular weight is 578 g/mol. The topological polar surface area (TPSA) is 98.0 Å². The summed E-state index contributed by atoms with van der Waals surface area (Å²) in [4.78, 5) is 50.8. The van der Waals surface area contributed by atoms with Gasteiger partial charge in [-0.2, -0.15) is 0 Å². The molecule has 2 atom stereocenters. The molecule has 0 spiro atoms. The van der Waals surface area contributed by atoms with Gasteiger partial charge in [0.15, 0.2) is 0 Å². The van der Waals surface area contributed by atoms with E-state index in [2.05, 4.69) is 21.3 Å². The van der Waals surface area contributed by atoms with E-state index in [1.54, 1.807) is 29.2 Å². The highest BCUT2D eigenvalue weighted by atomic mass is 16.5. The standard InChI is InChI=1S/C34H35N5O4/c1-22-9-2-3-10-23(22)31-30-26(24-11-4-6-13-27(24)36-30)21-29-33(41)39(34(42)38(29)31)28-14-7-5-12-25(28)32(40)35-15-8-16-37-17-19-43-20-18-37/h2-7,9-14,29,31,36H,8,15-21H2,1H3,(H,35,40)/t29-,31+/m0/s1. The van der Waals surface area contributed by atoms with Crippen molar-refractivity contribution in [1.29, 1.82) is 0 Å². The van der Waals surface area contributed by atoms with Crippen molar-refractivity contribution < 1.29 is 19.1 Å². The lowest BCUT2D eigenvalue weighted by Gasteiger charge is -2.36. The van der Waals surface area contributed by atoms with E-state index < -0.39 is 18.1 Å². The Morgan fingerprint density at radius 1 is 0.977 bits per heavy atom. The van der Waals surface area contributed by atoms with Crippen LogP contribution in [0.15, 0.2) is 72.8 Å². The van der Waals surface area contributed by atoms with Gasteiger partial charge in [0.1, 0.15) is 12.1 Å². The maximum absolute atomic E-state index is 14.4. The predicted octanol–water partition coefficient (Wildman–Crippen LogP) is 4.41. The molecule has 3 aliphatic heterocycles. The third-order valence-electron chi connectivity index (χ3n) is 8.96. The van der Waals surface area contributed by atoms with Crippen LogP contribution in [0, 0.1) is 6.92 Å². The summed E-state index contributed by atoms with van der Waals surface area (Å²) < 4.78 is 5.41. The Hall–Kier alpha value is -4.47. The second-order valence-electron chi connectivity index (χ2n) is 11.5. The molecule has 7 rings (SSSR count). The zero-order chi connectivity index (χ0) is 29.5. The fourth-order valence-corrected chi connectivity index (χ4v) is 6.80. The van der Waals surface area contributed by atoms with E-state index in [9.17, 15) is 14.4 Å². The van der Waals surface area contributed by atoms with E-state index in [1.165, 1.54) is 4.90 Å². The smallest absolute Gasteiger partial charge is 0.332 e. The van der Waals surface area contributed by atoms with E-state index in [0.29, 0.717) is 24.2 Å². The maximum atomic E-state index is 14.4. The number of rotatable bonds is 7. The van der Waals surface area contributed by atoms with Gasteiger partial charge in [0.05, 0.1) is 24.5 Å². The lowest BCUT2D eigenvalue weighted by molar-refractivity contribution is -0.120. The molecule has 3 aliphatic rings. The van der Waals surface area contributed by atoms with Crippen molar-refractivity contribution in [3.63, 3.8) is 0 Å². The number of aryl methyl sites for hydroxylation is 1. The van der Waals surface area contributed by atoms with Gasteiger partial charge in [-0.25, -0.2) is 9.69 Å². The number of anilines is 1. The van der Waals surface area contributed by atoms with E-state index in [1.807, 2.05) is 49.4 Å². The van der Waals surface area contributed by atoms with Crippen LogP contribution in [0.25, 0.3) is 10.9 Å². The first kappa shape index (κ1) is 27.4. The molecule has 9 nitrogen and oxygen atoms in total. The lowest BCUT2D eigenvalue weighted by atomic mass is 9.87. The van der Waals surface area contributed by atoms with Gasteiger partial charge in [-0.1, -0.05) is 54.6 Å². The Labute approximate surface area is 250 Å². The third kappa shape index (κ3) is 4.78. The summed E-state index contributed by atoms with van der Waals surface area (Å²) in [7, 11) is 0. The minimum absolute atomic E-state index is 0.297. The molecule has 0 bridgehead atoms. The van der Waals surface area contributed by atoms with Crippen molar-refractivity contribution in [3.8, 4) is 0 Å². The number of urea groups is 1. The molecule has 1 aromatic heterocycles. The molecule has 2 saturated heterocycles. The van der Waals surface area contributed by atoms with Gasteiger partial charge in [0.25, 0.3) is 11.8 Å². The number of H-pyrrole nitrogens is 1. The van der Waals surface area contributed by atoms with Gasteiger partial charge in [0, 0.05) is 42.7 Å². The first-order valence-corrected chi connectivity index (χ1v) is 15.0. The quantitative estimate of drug-likeness (QED) is 0.251. The molecule has 2 N–H and O–H groups in total. The minimum atomic E-state index is -0.687. The van der Waals surface area contributed by atoms with Crippen LogP contribution in [-0.4, -0.2) is 78.1 Å². The van der Waals surface area contributed by atoms with Crippen molar-refractivity contribution in [3.05, 3.63) is 101 Å². The Morgan fingerprint density at radius 2 is 1.72 bits per heavy atom. The van der Waals surface area contributed by atoms with E-state index in [-0.39, 0.29) is 11.8 Å². The summed E-state index contributed by atoms with van der Waals surface area (Å²) >= 11 is 0. The highest BCUT2D eigenvalue weighted by Crippen LogP contribution is 2.45. The number of carbonyl (C=O) groups excluding carboxylic acids is 3. The Balaban J connectivity index is 1.20. The normalized spacial score (nSPS) is 20.4. The van der Waals surface area contributed by atoms with Crippen molar-refractivity contribution in [2.75, 3.05) is 44.3 Å². The molecular formula is C34H35N5O4. The van der Waals surface area contributed by atoms with Crippen molar-refractivity contribution in [2.24, 2.45) is 0 Å². The zero-order valence-electron chi connectivity index (χ0n) is 24.2. The van der Waals surface area contributed by atoms with Crippen molar-refractivity contribution in [2.45, 2.75) is 31.8 Å². The monoisotopic (exact) mass is 577 g/mol. The first-order valence-electron chi connectivity index (χ1n) is 15.0. The number of carbonyl (C=O) groups is 3. The van der Waals surface area contributed by atoms with Crippen LogP contribution in [0.1, 0.15) is 45.2 Å². The molecule has 0 aliphatic carbocycles. The number of nitrogens with one attached hydrogen (secondary N) is 2. The molecule has 0 unspecified atom stereocenters. The van der Waals surface area contributed by atoms with Crippen LogP contribution in [0.4, 0.5) is 10.5 Å². The number of hydrogen-bond acceptors (Lipinski definition) is 5. The summed E-state index contributed by atoms with van der Waals surface area (Å²) in [5.74, 6) is -0.609. The van der Waals surface area contributed by atoms with Gasteiger partial charge in [0.2, 0.25) is 0 Å². The van der Waals surface area contributed by atoms with Crippen LogP contribution in [-0.2, 0) is 16.0 Å². The van der Waals surface area contributed by atoms with Gasteiger partial charge >= 0.3 is 6.03 Å². The van der Waals surface area contributed by atoms with E-state index in [4.69, 9.17) is 4.74 Å². The second-order valence-corrected chi connectivity index (χ2v) is 11.5. The Bertz CT molecular complexity index is 1710. The Morgan fingerprint density at radius 3 is 2.56 bits per heavy atom. The Kier molecular flexibility index (Phi) is 7.20. The number of hydrogen-bond donors (Lipinski definition) is 2. The summed E-state index contributed by atoms with van der Waals surface area (Å²) in [5, 5.41) is 4.06. The number of para-hydroxylation sites is 2. The molecule has 4 amide bonds. The van der Waals surface area contributed by atoms with Gasteiger partial charge in [-0.15, -0.1) is 0 Å². The highest BCUT2D eigenvalue weighted by molar-refractivity contribution is 6.24. The molecule has 43 heavy (non-hydrogen) atoms. The molecule has 220 valence electrons. The van der Waals surface area contributed by atoms with Crippen molar-refractivity contribution >= 4 is 34.4 Å². The lowest BCUT2D eigenvalue weighted by Crippen LogP contribution is -2.44. The van der Waals surface area contributed by atoms with Gasteiger partial charge < -0.3 is 15.0 Å². The van der Waals surface area contributed by atoms with E-state index >= 15 is 0 Å². The van der Waals surface area contributed by atoms with Crippen LogP contribution in [0.2, 0.25) is 0 Å². The van der Waals surface area contributed by atoms with E-state index in [0.717, 1.165) is 72.6 Å². The predicted molar refractivity (Wildman–Crippen MR) is 164 cm³/mol. The number of aromatic amines is 1. The molecule has 3 aromatic carbocycles. The van der Waals surface area contributed by atoms with Crippen LogP contribution in [0.3, 0.4) is 0 Å². The first-order chi connectivity index (χ1) is 21.0. The van der Waals surface area contributed by atoms with Crippen molar-refractivity contribution in [1.82, 2.24) is 20.1 Å². The maximum Gasteiger partial charge on any atom is 0.332 e. The number of amides is 4. The fourth-order valence-electron chi connectivity index (χ4n) is 6.80. The number of fused-ring (bicyclic) bond motifs is 4. The SMILES string of the molecule is Cc1ccccc1[C@@H]1c2[nH]c3ccccc3c2C[C@H]2C(=O)N(c3ccccc3C(=O)NCCCN3CCOCC3)C(=O)N12. The van der Waals surface area contributed by atoms with Crippen LogP contribution in [0.5, 0.6) is 0 Å². The fraction of sp³-hybridized carbons (Fsp3) is 0.324. The second kappa shape index (κ2) is 11.3. The number of nitrogens with zero attached hydrogens (tertiary/aromatic N) is 3. The van der Waals surface area contributed by atoms with Crippen LogP contribution < -0.4 is 10.2 Å². The van der Waals surface area contributed by atoms with Crippen LogP contribution >= 0.6 is 0 Å². The highest BCUT2D eigenvalue weighted by Gasteiger charge is 2.53. The summed E-state index contributed by atoms with van der Waals surface area (Å²) in [6, 6.07) is 21.4. The average Bonchev–Trinajstić information content (AvgIpc) is 3.53. The minimum Gasteiger partial charge on any atom is -0.379 e. The number of aromatic nitrogens is 1. The molecule has 9 heteroatoms. The number of benzene rings is 3. The molecule has 4 aromatic rings. The molecule has 4 heterocycles. The van der Waals surface area contributed by atoms with Gasteiger partial charge in [-0.05, 0) is 54.8 Å². The zero-order valence-corrected chi connectivity index (χ0v) is 24.2. The summed E-state index contributed by atoms with van der Waals surface area (Å²) in [5.41, 5.74) is 5.60. The number of imide groups is 1. The molecule has 0 saturated carbocycles. The molecular weight excluding hydrogens is 542 g/mol. The summed E-state index contributed by atoms with van der Waals surface area (Å²) in [6.07, 6.45) is 1.20. The number of ether oxygens (including phenoxy) is 1. The largest absolute Gasteiger partial charge is 0.379 e. The number of morpholine rings is 1. The molecule has 0 radical (unpaired) electrons. The molecule has 2 fully saturated rings. The third-order valence-corrected chi connectivity index (χ3v) is 8.96. The van der Waals surface area contributed by atoms with Gasteiger partial charge in [-0.3, -0.25) is 19.4 Å². The summed E-state index contributed by atoms with van der Waals surface area (Å²) in [6.45, 7) is 6.67.